The van der Waals surface area contributed by atoms with Gasteiger partial charge in [-0.05, 0) is 45.6 Å². The van der Waals surface area contributed by atoms with Crippen molar-refractivity contribution in [3.63, 3.8) is 0 Å². The van der Waals surface area contributed by atoms with E-state index >= 15 is 0 Å². The minimum Gasteiger partial charge on any atom is -0.343 e. The Morgan fingerprint density at radius 2 is 1.78 bits per heavy atom. The van der Waals surface area contributed by atoms with Crippen LogP contribution in [0.1, 0.15) is 64.1 Å². The smallest absolute Gasteiger partial charge is 0.219 e. The molecule has 2 unspecified atom stereocenters. The molecule has 1 amide bonds. The van der Waals surface area contributed by atoms with Gasteiger partial charge in [-0.1, -0.05) is 36.8 Å². The van der Waals surface area contributed by atoms with Gasteiger partial charge in [-0.3, -0.25) is 14.6 Å². The molecular formula is C23H37N3O. The quantitative estimate of drug-likeness (QED) is 0.804. The van der Waals surface area contributed by atoms with Crippen LogP contribution < -0.4 is 0 Å². The number of hydrogen-bond acceptors (Lipinski definition) is 3. The Bertz CT molecular complexity index is 634. The van der Waals surface area contributed by atoms with E-state index in [1.54, 1.807) is 6.92 Å². The van der Waals surface area contributed by atoms with E-state index in [4.69, 9.17) is 0 Å². The van der Waals surface area contributed by atoms with Crippen LogP contribution in [-0.4, -0.2) is 64.9 Å². The van der Waals surface area contributed by atoms with Gasteiger partial charge < -0.3 is 4.90 Å². The summed E-state index contributed by atoms with van der Waals surface area (Å²) in [4.78, 5) is 19.1. The van der Waals surface area contributed by atoms with Crippen molar-refractivity contribution in [1.82, 2.24) is 14.7 Å². The van der Waals surface area contributed by atoms with Crippen LogP contribution in [0.25, 0.3) is 0 Å². The molecular weight excluding hydrogens is 334 g/mol. The number of carbonyl (C=O) groups excluding carboxylic acids is 1. The predicted molar refractivity (Wildman–Crippen MR) is 112 cm³/mol. The highest BCUT2D eigenvalue weighted by atomic mass is 16.2. The lowest BCUT2D eigenvalue weighted by Crippen LogP contribution is -2.62. The standard InChI is InChI=1S/C23H37N3O/c1-6-22(21-9-7-18(2)8-10-21)26-16-15-25(17-19(26)3)23(5)11-13-24(14-12-23)20(4)27/h7-10,19,22H,6,11-17H2,1-5H3. The van der Waals surface area contributed by atoms with Crippen LogP contribution in [-0.2, 0) is 4.79 Å². The molecule has 0 aromatic heterocycles. The van der Waals surface area contributed by atoms with E-state index in [9.17, 15) is 4.79 Å². The second-order valence-electron chi connectivity index (χ2n) is 8.87. The maximum absolute atomic E-state index is 11.7. The number of hydrogen-bond donors (Lipinski definition) is 0. The molecule has 1 aromatic rings. The van der Waals surface area contributed by atoms with Gasteiger partial charge in [0.1, 0.15) is 0 Å². The predicted octanol–water partition coefficient (Wildman–Crippen LogP) is 3.85. The minimum atomic E-state index is 0.221. The van der Waals surface area contributed by atoms with E-state index in [-0.39, 0.29) is 11.4 Å². The Labute approximate surface area is 165 Å². The number of nitrogens with zero attached hydrogens (tertiary/aromatic N) is 3. The van der Waals surface area contributed by atoms with Crippen molar-refractivity contribution >= 4 is 5.91 Å². The average Bonchev–Trinajstić information content (AvgIpc) is 2.65. The van der Waals surface area contributed by atoms with Crippen LogP contribution in [0.2, 0.25) is 0 Å². The molecule has 0 radical (unpaired) electrons. The highest BCUT2D eigenvalue weighted by molar-refractivity contribution is 5.73. The molecule has 1 aromatic carbocycles. The van der Waals surface area contributed by atoms with Crippen LogP contribution in [0.15, 0.2) is 24.3 Å². The minimum absolute atomic E-state index is 0.221. The number of amides is 1. The molecule has 2 atom stereocenters. The summed E-state index contributed by atoms with van der Waals surface area (Å²) in [6.45, 7) is 16.1. The second kappa shape index (κ2) is 8.32. The molecule has 4 nitrogen and oxygen atoms in total. The maximum Gasteiger partial charge on any atom is 0.219 e. The molecule has 0 bridgehead atoms. The van der Waals surface area contributed by atoms with Crippen molar-refractivity contribution in [2.24, 2.45) is 0 Å². The number of carbonyl (C=O) groups is 1. The van der Waals surface area contributed by atoms with E-state index < -0.39 is 0 Å². The Morgan fingerprint density at radius 1 is 1.15 bits per heavy atom. The van der Waals surface area contributed by atoms with Crippen molar-refractivity contribution in [2.45, 2.75) is 71.5 Å². The fraction of sp³-hybridized carbons (Fsp3) is 0.696. The van der Waals surface area contributed by atoms with Gasteiger partial charge in [-0.25, -0.2) is 0 Å². The monoisotopic (exact) mass is 371 g/mol. The van der Waals surface area contributed by atoms with Crippen molar-refractivity contribution < 1.29 is 4.79 Å². The first-order valence-electron chi connectivity index (χ1n) is 10.7. The van der Waals surface area contributed by atoms with Gasteiger partial charge in [0.25, 0.3) is 0 Å². The summed E-state index contributed by atoms with van der Waals surface area (Å²) in [6.07, 6.45) is 3.33. The van der Waals surface area contributed by atoms with Crippen molar-refractivity contribution in [3.8, 4) is 0 Å². The first-order valence-corrected chi connectivity index (χ1v) is 10.7. The molecule has 4 heteroatoms. The average molecular weight is 372 g/mol. The fourth-order valence-electron chi connectivity index (χ4n) is 4.99. The molecule has 2 heterocycles. The van der Waals surface area contributed by atoms with Gasteiger partial charge in [-0.15, -0.1) is 0 Å². The lowest BCUT2D eigenvalue weighted by atomic mass is 9.86. The van der Waals surface area contributed by atoms with E-state index in [1.807, 2.05) is 4.90 Å². The normalized spacial score (nSPS) is 25.4. The van der Waals surface area contributed by atoms with Crippen LogP contribution in [0, 0.1) is 6.92 Å². The van der Waals surface area contributed by atoms with Gasteiger partial charge in [-0.2, -0.15) is 0 Å². The third kappa shape index (κ3) is 4.38. The Morgan fingerprint density at radius 3 is 2.30 bits per heavy atom. The number of piperazine rings is 1. The summed E-state index contributed by atoms with van der Waals surface area (Å²) in [5, 5.41) is 0. The largest absolute Gasteiger partial charge is 0.343 e. The van der Waals surface area contributed by atoms with E-state index in [1.165, 1.54) is 11.1 Å². The van der Waals surface area contributed by atoms with Gasteiger partial charge in [0.05, 0.1) is 0 Å². The van der Waals surface area contributed by atoms with Gasteiger partial charge in [0.2, 0.25) is 5.91 Å². The third-order valence-corrected chi connectivity index (χ3v) is 6.98. The van der Waals surface area contributed by atoms with Crippen LogP contribution in [0.5, 0.6) is 0 Å². The van der Waals surface area contributed by atoms with Crippen molar-refractivity contribution in [1.29, 1.82) is 0 Å². The summed E-state index contributed by atoms with van der Waals surface area (Å²) < 4.78 is 0. The van der Waals surface area contributed by atoms with Crippen LogP contribution >= 0.6 is 0 Å². The van der Waals surface area contributed by atoms with Crippen LogP contribution in [0.4, 0.5) is 0 Å². The Balaban J connectivity index is 1.65. The molecule has 0 aliphatic carbocycles. The highest BCUT2D eigenvalue weighted by Gasteiger charge is 2.40. The topological polar surface area (TPSA) is 26.8 Å². The SMILES string of the molecule is CCC(c1ccc(C)cc1)N1CCN(C2(C)CCN(C(C)=O)CC2)CC1C. The van der Waals surface area contributed by atoms with Crippen LogP contribution in [0.3, 0.4) is 0 Å². The van der Waals surface area contributed by atoms with Gasteiger partial charge in [0, 0.05) is 57.3 Å². The number of likely N-dealkylation sites (tertiary alicyclic amines) is 1. The summed E-state index contributed by atoms with van der Waals surface area (Å²) >= 11 is 0. The Hall–Kier alpha value is -1.39. The molecule has 2 aliphatic rings. The molecule has 2 fully saturated rings. The lowest BCUT2D eigenvalue weighted by Gasteiger charge is -2.52. The van der Waals surface area contributed by atoms with E-state index in [0.29, 0.717) is 12.1 Å². The molecule has 2 saturated heterocycles. The number of rotatable bonds is 4. The molecule has 0 N–H and O–H groups in total. The summed E-state index contributed by atoms with van der Waals surface area (Å²) in [6, 6.07) is 10.1. The van der Waals surface area contributed by atoms with Gasteiger partial charge in [0.15, 0.2) is 0 Å². The molecule has 3 rings (SSSR count). The van der Waals surface area contributed by atoms with Crippen molar-refractivity contribution in [3.05, 3.63) is 35.4 Å². The molecule has 0 saturated carbocycles. The third-order valence-electron chi connectivity index (χ3n) is 6.98. The van der Waals surface area contributed by atoms with Crippen molar-refractivity contribution in [2.75, 3.05) is 32.7 Å². The zero-order chi connectivity index (χ0) is 19.6. The summed E-state index contributed by atoms with van der Waals surface area (Å²) in [7, 11) is 0. The van der Waals surface area contributed by atoms with E-state index in [0.717, 1.165) is 52.0 Å². The van der Waals surface area contributed by atoms with Gasteiger partial charge >= 0.3 is 0 Å². The Kier molecular flexibility index (Phi) is 6.27. The summed E-state index contributed by atoms with van der Waals surface area (Å²) in [5.74, 6) is 0.221. The molecule has 27 heavy (non-hydrogen) atoms. The first kappa shape index (κ1) is 20.3. The zero-order valence-corrected chi connectivity index (χ0v) is 17.9. The fourth-order valence-corrected chi connectivity index (χ4v) is 4.99. The number of piperidine rings is 1. The summed E-state index contributed by atoms with van der Waals surface area (Å²) in [5.41, 5.74) is 3.01. The molecule has 150 valence electrons. The maximum atomic E-state index is 11.7. The molecule has 0 spiro atoms. The number of benzene rings is 1. The second-order valence-corrected chi connectivity index (χ2v) is 8.87. The lowest BCUT2D eigenvalue weighted by molar-refractivity contribution is -0.132. The first-order chi connectivity index (χ1) is 12.8. The number of aryl methyl sites for hydroxylation is 1. The molecule has 2 aliphatic heterocycles. The van der Waals surface area contributed by atoms with E-state index in [2.05, 4.69) is 61.8 Å². The highest BCUT2D eigenvalue weighted by Crippen LogP contribution is 2.34. The zero-order valence-electron chi connectivity index (χ0n) is 17.9.